The molecule has 0 unspecified atom stereocenters. The summed E-state index contributed by atoms with van der Waals surface area (Å²) in [4.78, 5) is 47.3. The zero-order chi connectivity index (χ0) is 37.6. The minimum atomic E-state index is -5.08. The van der Waals surface area contributed by atoms with Gasteiger partial charge in [0.15, 0.2) is 0 Å². The number of carboxylic acids is 2. The van der Waals surface area contributed by atoms with E-state index < -0.39 is 30.3 Å². The molecule has 1 aromatic heterocycles. The van der Waals surface area contributed by atoms with Gasteiger partial charge in [0.1, 0.15) is 11.9 Å². The van der Waals surface area contributed by atoms with Crippen molar-refractivity contribution in [2.45, 2.75) is 64.1 Å². The Kier molecular flexibility index (Phi) is 15.2. The number of benzene rings is 2. The van der Waals surface area contributed by atoms with E-state index in [0.717, 1.165) is 37.1 Å². The van der Waals surface area contributed by atoms with Gasteiger partial charge in [-0.25, -0.2) is 14.6 Å². The van der Waals surface area contributed by atoms with Crippen molar-refractivity contribution in [3.8, 4) is 0 Å². The van der Waals surface area contributed by atoms with Gasteiger partial charge in [-0.15, -0.1) is 0 Å². The molecule has 1 aliphatic rings. The van der Waals surface area contributed by atoms with Gasteiger partial charge < -0.3 is 31.9 Å². The monoisotopic (exact) mass is 713 g/mol. The number of amides is 2. The topological polar surface area (TPSA) is 184 Å². The quantitative estimate of drug-likeness (QED) is 0.177. The molecule has 2 heterocycles. The minimum Gasteiger partial charge on any atom is -0.475 e. The van der Waals surface area contributed by atoms with E-state index >= 15 is 0 Å². The summed E-state index contributed by atoms with van der Waals surface area (Å²) in [6.07, 6.45) is -7.56. The third-order valence-electron chi connectivity index (χ3n) is 7.24. The van der Waals surface area contributed by atoms with Crippen molar-refractivity contribution in [3.63, 3.8) is 0 Å². The summed E-state index contributed by atoms with van der Waals surface area (Å²) in [7, 11) is 0. The standard InChI is InChI=1S/C29H35N5O2.2C2HF3O2/c1-19-25(12-13-27(30)33-19)18-32-28(35)20(2)34-29(36)26-16-24(17-31-26)15-23-10-8-22(9-11-23)14-21-6-4-3-5-7-21;2*3-2(4,5)1(6)7/h3-13,20,24,26,31H,14-18H2,1-2H3,(H2,30,33)(H,32,35)(H,34,36);2*(H,6,7)/t20-,24-,26+;;/m0../s1. The van der Waals surface area contributed by atoms with Crippen molar-refractivity contribution < 1.29 is 55.7 Å². The van der Waals surface area contributed by atoms with E-state index in [1.807, 2.05) is 19.1 Å². The number of carbonyl (C=O) groups is 4. The molecular weight excluding hydrogens is 676 g/mol. The lowest BCUT2D eigenvalue weighted by atomic mass is 9.95. The van der Waals surface area contributed by atoms with Gasteiger partial charge in [0.05, 0.1) is 6.04 Å². The number of nitrogens with zero attached hydrogens (tertiary/aromatic N) is 1. The van der Waals surface area contributed by atoms with Gasteiger partial charge in [0.2, 0.25) is 11.8 Å². The van der Waals surface area contributed by atoms with Gasteiger partial charge in [-0.3, -0.25) is 9.59 Å². The van der Waals surface area contributed by atoms with E-state index in [4.69, 9.17) is 25.5 Å². The van der Waals surface area contributed by atoms with E-state index in [0.29, 0.717) is 18.3 Å². The molecule has 272 valence electrons. The van der Waals surface area contributed by atoms with Crippen molar-refractivity contribution in [2.75, 3.05) is 12.3 Å². The zero-order valence-corrected chi connectivity index (χ0v) is 26.9. The number of alkyl halides is 6. The van der Waals surface area contributed by atoms with Gasteiger partial charge >= 0.3 is 24.3 Å². The van der Waals surface area contributed by atoms with Crippen LogP contribution >= 0.6 is 0 Å². The Labute approximate surface area is 283 Å². The van der Waals surface area contributed by atoms with Gasteiger partial charge in [-0.1, -0.05) is 60.7 Å². The number of hydrogen-bond acceptors (Lipinski definition) is 7. The molecule has 1 saturated heterocycles. The highest BCUT2D eigenvalue weighted by Gasteiger charge is 2.39. The maximum atomic E-state index is 12.8. The Morgan fingerprint density at radius 3 is 1.92 bits per heavy atom. The Morgan fingerprint density at radius 2 is 1.40 bits per heavy atom. The fourth-order valence-electron chi connectivity index (χ4n) is 4.63. The third kappa shape index (κ3) is 14.5. The van der Waals surface area contributed by atoms with Gasteiger partial charge in [0, 0.05) is 12.2 Å². The number of hydrogen-bond donors (Lipinski definition) is 6. The maximum Gasteiger partial charge on any atom is 0.490 e. The number of aryl methyl sites for hydroxylation is 1. The smallest absolute Gasteiger partial charge is 0.475 e. The molecule has 11 nitrogen and oxygen atoms in total. The molecule has 3 atom stereocenters. The number of nitrogens with one attached hydrogen (secondary N) is 3. The van der Waals surface area contributed by atoms with Crippen LogP contribution in [0.4, 0.5) is 32.2 Å². The number of nitrogens with two attached hydrogens (primary N) is 1. The molecular formula is C33H37F6N5O6. The molecule has 7 N–H and O–H groups in total. The van der Waals surface area contributed by atoms with Gasteiger partial charge in [0.25, 0.3) is 0 Å². The number of carbonyl (C=O) groups excluding carboxylic acids is 2. The highest BCUT2D eigenvalue weighted by Crippen LogP contribution is 2.21. The Hall–Kier alpha value is -5.19. The summed E-state index contributed by atoms with van der Waals surface area (Å²) in [6, 6.07) is 21.9. The second-order valence-electron chi connectivity index (χ2n) is 11.3. The molecule has 0 radical (unpaired) electrons. The van der Waals surface area contributed by atoms with Crippen LogP contribution in [0.5, 0.6) is 0 Å². The van der Waals surface area contributed by atoms with Crippen LogP contribution in [0.15, 0.2) is 66.7 Å². The van der Waals surface area contributed by atoms with Crippen LogP contribution in [0, 0.1) is 12.8 Å². The molecule has 1 aliphatic heterocycles. The number of aromatic nitrogens is 1. The fraction of sp³-hybridized carbons (Fsp3) is 0.364. The van der Waals surface area contributed by atoms with Crippen LogP contribution in [0.25, 0.3) is 0 Å². The second-order valence-corrected chi connectivity index (χ2v) is 11.3. The zero-order valence-electron chi connectivity index (χ0n) is 26.9. The number of halogens is 6. The SMILES string of the molecule is Cc1nc(N)ccc1CNC(=O)[C@H](C)NC(=O)[C@H]1C[C@H](Cc2ccc(Cc3ccccc3)cc2)CN1.O=C(O)C(F)(F)F.O=C(O)C(F)(F)F. The van der Waals surface area contributed by atoms with E-state index in [2.05, 4.69) is 69.5 Å². The van der Waals surface area contributed by atoms with Crippen LogP contribution in [0.2, 0.25) is 0 Å². The first kappa shape index (κ1) is 41.0. The molecule has 3 aromatic rings. The largest absolute Gasteiger partial charge is 0.490 e. The Morgan fingerprint density at radius 1 is 0.880 bits per heavy atom. The number of pyridine rings is 1. The van der Waals surface area contributed by atoms with Crippen LogP contribution in [-0.4, -0.2) is 69.9 Å². The number of anilines is 1. The molecule has 17 heteroatoms. The van der Waals surface area contributed by atoms with Crippen LogP contribution in [0.3, 0.4) is 0 Å². The first-order valence-electron chi connectivity index (χ1n) is 15.0. The molecule has 4 rings (SSSR count). The summed E-state index contributed by atoms with van der Waals surface area (Å²) in [5.74, 6) is -5.05. The molecule has 0 aliphatic carbocycles. The predicted molar refractivity (Wildman–Crippen MR) is 170 cm³/mol. The third-order valence-corrected chi connectivity index (χ3v) is 7.24. The van der Waals surface area contributed by atoms with Crippen LogP contribution < -0.4 is 21.7 Å². The summed E-state index contributed by atoms with van der Waals surface area (Å²) in [5, 5.41) is 23.3. The first-order valence-corrected chi connectivity index (χ1v) is 15.0. The molecule has 1 fully saturated rings. The summed E-state index contributed by atoms with van der Waals surface area (Å²) >= 11 is 0. The normalized spacial score (nSPS) is 16.1. The van der Waals surface area contributed by atoms with Crippen molar-refractivity contribution in [3.05, 3.63) is 94.7 Å². The highest BCUT2D eigenvalue weighted by atomic mass is 19.4. The first-order chi connectivity index (χ1) is 23.3. The van der Waals surface area contributed by atoms with Gasteiger partial charge in [-0.2, -0.15) is 26.3 Å². The average molecular weight is 714 g/mol. The molecule has 0 spiro atoms. The fourth-order valence-corrected chi connectivity index (χ4v) is 4.63. The lowest BCUT2D eigenvalue weighted by Gasteiger charge is -2.17. The van der Waals surface area contributed by atoms with Crippen molar-refractivity contribution in [2.24, 2.45) is 5.92 Å². The lowest BCUT2D eigenvalue weighted by molar-refractivity contribution is -0.193. The minimum absolute atomic E-state index is 0.135. The van der Waals surface area contributed by atoms with E-state index in [1.54, 1.807) is 13.0 Å². The number of nitrogen functional groups attached to an aromatic ring is 1. The molecule has 50 heavy (non-hydrogen) atoms. The number of aliphatic carboxylic acids is 2. The van der Waals surface area contributed by atoms with E-state index in [9.17, 15) is 35.9 Å². The van der Waals surface area contributed by atoms with Crippen LogP contribution in [-0.2, 0) is 38.6 Å². The second kappa shape index (κ2) is 18.5. The summed E-state index contributed by atoms with van der Waals surface area (Å²) in [5.41, 5.74) is 11.2. The molecule has 0 bridgehead atoms. The van der Waals surface area contributed by atoms with Crippen molar-refractivity contribution >= 4 is 29.6 Å². The van der Waals surface area contributed by atoms with Gasteiger partial charge in [-0.05, 0) is 73.9 Å². The Bertz CT molecular complexity index is 1560. The predicted octanol–water partition coefficient (Wildman–Crippen LogP) is 4.17. The molecule has 0 saturated carbocycles. The van der Waals surface area contributed by atoms with E-state index in [-0.39, 0.29) is 17.9 Å². The van der Waals surface area contributed by atoms with E-state index in [1.165, 1.54) is 16.7 Å². The van der Waals surface area contributed by atoms with Crippen molar-refractivity contribution in [1.82, 2.24) is 20.9 Å². The average Bonchev–Trinajstić information content (AvgIpc) is 3.50. The molecule has 2 aromatic carbocycles. The Balaban J connectivity index is 0.000000521. The van der Waals surface area contributed by atoms with Crippen molar-refractivity contribution in [1.29, 1.82) is 0 Å². The maximum absolute atomic E-state index is 12.8. The summed E-state index contributed by atoms with van der Waals surface area (Å²) in [6.45, 7) is 4.68. The number of carboxylic acid groups (broad SMARTS) is 2. The summed E-state index contributed by atoms with van der Waals surface area (Å²) < 4.78 is 63.5. The lowest BCUT2D eigenvalue weighted by Crippen LogP contribution is -2.50. The number of rotatable bonds is 9. The highest BCUT2D eigenvalue weighted by molar-refractivity contribution is 5.89. The van der Waals surface area contributed by atoms with Crippen LogP contribution in [0.1, 0.15) is 41.3 Å². The molecule has 2 amide bonds.